The first-order chi connectivity index (χ1) is 18.6. The van der Waals surface area contributed by atoms with Gasteiger partial charge >= 0.3 is 0 Å². The van der Waals surface area contributed by atoms with Crippen LogP contribution in [-0.4, -0.2) is 26.7 Å². The second-order valence-corrected chi connectivity index (χ2v) is 10.3. The molecule has 6 heteroatoms. The molecule has 38 heavy (non-hydrogen) atoms. The van der Waals surface area contributed by atoms with Gasteiger partial charge in [0, 0.05) is 28.4 Å². The summed E-state index contributed by atoms with van der Waals surface area (Å²) in [7, 11) is 2.06. The highest BCUT2D eigenvalue weighted by molar-refractivity contribution is 5.91. The van der Waals surface area contributed by atoms with Crippen molar-refractivity contribution in [2.45, 2.75) is 31.7 Å². The first-order valence-electron chi connectivity index (χ1n) is 13.1. The van der Waals surface area contributed by atoms with Crippen LogP contribution in [0.25, 0.3) is 39.6 Å². The Kier molecular flexibility index (Phi) is 5.13. The number of fused-ring (bicyclic) bond motifs is 5. The average molecular weight is 500 g/mol. The summed E-state index contributed by atoms with van der Waals surface area (Å²) >= 11 is 0. The Morgan fingerprint density at radius 3 is 2.47 bits per heavy atom. The number of benzene rings is 3. The van der Waals surface area contributed by atoms with E-state index in [1.165, 1.54) is 12.0 Å². The predicted molar refractivity (Wildman–Crippen MR) is 152 cm³/mol. The SMILES string of the molecule is CNC1(c2ccc(-c3c(-c4ccc(C)c(O)c4)nc4n3-c3cccnc3Nc3ccccc3-4)cc2)CCC1. The molecule has 3 N–H and O–H groups in total. The predicted octanol–water partition coefficient (Wildman–Crippen LogP) is 6.94. The van der Waals surface area contributed by atoms with Crippen molar-refractivity contribution in [1.29, 1.82) is 0 Å². The number of anilines is 2. The first-order valence-corrected chi connectivity index (χ1v) is 13.1. The third kappa shape index (κ3) is 3.37. The molecule has 2 aliphatic rings. The van der Waals surface area contributed by atoms with E-state index in [-0.39, 0.29) is 11.3 Å². The van der Waals surface area contributed by atoms with Crippen LogP contribution in [0.15, 0.2) is 85.1 Å². The molecule has 0 atom stereocenters. The summed E-state index contributed by atoms with van der Waals surface area (Å²) in [4.78, 5) is 9.94. The molecule has 1 aliphatic carbocycles. The summed E-state index contributed by atoms with van der Waals surface area (Å²) < 4.78 is 2.21. The van der Waals surface area contributed by atoms with Gasteiger partial charge in [-0.2, -0.15) is 0 Å². The summed E-state index contributed by atoms with van der Waals surface area (Å²) in [5, 5.41) is 17.7. The number of nitrogens with zero attached hydrogens (tertiary/aromatic N) is 3. The number of para-hydroxylation sites is 1. The summed E-state index contributed by atoms with van der Waals surface area (Å²) in [5.41, 5.74) is 8.81. The van der Waals surface area contributed by atoms with Crippen molar-refractivity contribution in [1.82, 2.24) is 19.9 Å². The highest BCUT2D eigenvalue weighted by Gasteiger charge is 2.37. The Morgan fingerprint density at radius 2 is 1.74 bits per heavy atom. The van der Waals surface area contributed by atoms with Crippen LogP contribution in [0.4, 0.5) is 11.5 Å². The van der Waals surface area contributed by atoms with Gasteiger partial charge in [0.1, 0.15) is 11.6 Å². The number of aryl methyl sites for hydroxylation is 1. The highest BCUT2D eigenvalue weighted by atomic mass is 16.3. The number of nitrogens with one attached hydrogen (secondary N) is 2. The van der Waals surface area contributed by atoms with Crippen molar-refractivity contribution in [2.75, 3.05) is 12.4 Å². The minimum absolute atomic E-state index is 0.0673. The van der Waals surface area contributed by atoms with Gasteiger partial charge in [-0.3, -0.25) is 4.57 Å². The minimum Gasteiger partial charge on any atom is -0.508 e. The summed E-state index contributed by atoms with van der Waals surface area (Å²) in [6, 6.07) is 26.9. The van der Waals surface area contributed by atoms with Gasteiger partial charge < -0.3 is 15.7 Å². The summed E-state index contributed by atoms with van der Waals surface area (Å²) in [5.74, 6) is 1.87. The molecule has 3 aromatic carbocycles. The van der Waals surface area contributed by atoms with E-state index in [1.54, 1.807) is 6.20 Å². The standard InChI is InChI=1S/C32H29N5O/c1-20-10-11-22(19-27(20)38)28-29(21-12-14-23(15-13-21)32(33-2)16-6-17-32)37-26-9-5-18-34-30(26)35-25-8-4-3-7-24(25)31(37)36-28/h3-5,7-15,18-19,33,38H,6,16-17H2,1-2H3,(H,34,35). The number of hydrogen-bond acceptors (Lipinski definition) is 5. The third-order valence-corrected chi connectivity index (χ3v) is 8.20. The van der Waals surface area contributed by atoms with E-state index < -0.39 is 0 Å². The van der Waals surface area contributed by atoms with Gasteiger partial charge in [0.05, 0.1) is 22.8 Å². The lowest BCUT2D eigenvalue weighted by Crippen LogP contribution is -2.45. The fourth-order valence-corrected chi connectivity index (χ4v) is 5.81. The van der Waals surface area contributed by atoms with Gasteiger partial charge in [0.2, 0.25) is 0 Å². The van der Waals surface area contributed by atoms with Gasteiger partial charge in [0.25, 0.3) is 0 Å². The number of aromatic nitrogens is 3. The molecular formula is C32H29N5O. The number of rotatable bonds is 4. The monoisotopic (exact) mass is 499 g/mol. The number of imidazole rings is 1. The molecule has 0 spiro atoms. The van der Waals surface area contributed by atoms with E-state index in [2.05, 4.69) is 69.7 Å². The Hall–Kier alpha value is -4.42. The van der Waals surface area contributed by atoms with Crippen LogP contribution in [0.3, 0.4) is 0 Å². The maximum absolute atomic E-state index is 10.6. The van der Waals surface area contributed by atoms with Crippen molar-refractivity contribution in [2.24, 2.45) is 0 Å². The average Bonchev–Trinajstić information content (AvgIpc) is 3.25. The Bertz CT molecular complexity index is 1680. The van der Waals surface area contributed by atoms with Crippen LogP contribution >= 0.6 is 0 Å². The molecule has 0 unspecified atom stereocenters. The van der Waals surface area contributed by atoms with Crippen molar-refractivity contribution < 1.29 is 5.11 Å². The van der Waals surface area contributed by atoms with Gasteiger partial charge in [-0.05, 0) is 74.7 Å². The zero-order chi connectivity index (χ0) is 25.9. The van der Waals surface area contributed by atoms with Crippen LogP contribution in [0.1, 0.15) is 30.4 Å². The number of aromatic hydroxyl groups is 1. The summed E-state index contributed by atoms with van der Waals surface area (Å²) in [6.07, 6.45) is 5.36. The molecule has 5 aromatic rings. The molecule has 1 fully saturated rings. The maximum Gasteiger partial charge on any atom is 0.154 e. The molecule has 1 saturated carbocycles. The summed E-state index contributed by atoms with van der Waals surface area (Å²) in [6.45, 7) is 1.91. The van der Waals surface area contributed by atoms with Crippen LogP contribution in [0.2, 0.25) is 0 Å². The molecule has 188 valence electrons. The van der Waals surface area contributed by atoms with Crippen molar-refractivity contribution in [3.05, 3.63) is 96.2 Å². The molecular weight excluding hydrogens is 470 g/mol. The maximum atomic E-state index is 10.6. The largest absolute Gasteiger partial charge is 0.508 e. The van der Waals surface area contributed by atoms with Gasteiger partial charge in [0.15, 0.2) is 5.82 Å². The Morgan fingerprint density at radius 1 is 0.947 bits per heavy atom. The van der Waals surface area contributed by atoms with E-state index in [1.807, 2.05) is 43.3 Å². The van der Waals surface area contributed by atoms with Gasteiger partial charge in [-0.25, -0.2) is 9.97 Å². The van der Waals surface area contributed by atoms with E-state index >= 15 is 0 Å². The van der Waals surface area contributed by atoms with Crippen LogP contribution in [-0.2, 0) is 5.54 Å². The lowest BCUT2D eigenvalue weighted by molar-refractivity contribution is 0.201. The number of phenols is 1. The van der Waals surface area contributed by atoms with Crippen molar-refractivity contribution in [3.8, 4) is 45.3 Å². The smallest absolute Gasteiger partial charge is 0.154 e. The lowest BCUT2D eigenvalue weighted by atomic mass is 9.72. The number of phenolic OH excluding ortho intramolecular Hbond substituents is 1. The van der Waals surface area contributed by atoms with Crippen LogP contribution < -0.4 is 10.6 Å². The minimum atomic E-state index is 0.0673. The van der Waals surface area contributed by atoms with E-state index in [9.17, 15) is 5.11 Å². The number of hydrogen-bond donors (Lipinski definition) is 3. The van der Waals surface area contributed by atoms with Gasteiger partial charge in [-0.15, -0.1) is 0 Å². The molecule has 3 heterocycles. The molecule has 1 aliphatic heterocycles. The second-order valence-electron chi connectivity index (χ2n) is 10.3. The fraction of sp³-hybridized carbons (Fsp3) is 0.188. The first kappa shape index (κ1) is 22.8. The van der Waals surface area contributed by atoms with E-state index in [0.717, 1.165) is 69.5 Å². The van der Waals surface area contributed by atoms with E-state index in [4.69, 9.17) is 4.98 Å². The highest BCUT2D eigenvalue weighted by Crippen LogP contribution is 2.46. The van der Waals surface area contributed by atoms with Crippen molar-refractivity contribution in [3.63, 3.8) is 0 Å². The second kappa shape index (κ2) is 8.57. The van der Waals surface area contributed by atoms with Crippen LogP contribution in [0, 0.1) is 6.92 Å². The molecule has 0 amide bonds. The van der Waals surface area contributed by atoms with E-state index in [0.29, 0.717) is 0 Å². The van der Waals surface area contributed by atoms with Crippen molar-refractivity contribution >= 4 is 11.5 Å². The molecule has 0 saturated heterocycles. The normalized spacial score (nSPS) is 14.9. The Balaban J connectivity index is 1.52. The zero-order valence-corrected chi connectivity index (χ0v) is 21.5. The molecule has 0 bridgehead atoms. The number of pyridine rings is 1. The molecule has 7 rings (SSSR count). The van der Waals surface area contributed by atoms with Crippen LogP contribution in [0.5, 0.6) is 5.75 Å². The quantitative estimate of drug-likeness (QED) is 0.245. The van der Waals surface area contributed by atoms with Gasteiger partial charge in [-0.1, -0.05) is 48.5 Å². The molecule has 2 aromatic heterocycles. The Labute approximate surface area is 222 Å². The lowest BCUT2D eigenvalue weighted by Gasteiger charge is -2.42. The third-order valence-electron chi connectivity index (χ3n) is 8.20. The fourth-order valence-electron chi connectivity index (χ4n) is 5.81. The zero-order valence-electron chi connectivity index (χ0n) is 21.5. The molecule has 6 nitrogen and oxygen atoms in total. The molecule has 0 radical (unpaired) electrons. The topological polar surface area (TPSA) is 75.0 Å².